The SMILES string of the molecule is CC[C@H](C)[C@@H]([C@@H](CC(=O)N1CCC[C@H]1[C@H](OC)[C@@H](C)C(=O)N[C@@H](Cc1ccccc1)C(=O)NCCCOC(=O)[C@H](C)NC(=O)CCC(N)OC=O)OC)N(C)C(=O)[C@@H](NC(=O)[C@@H](NC)C(C)C)C(C)C.CC[C@H](C)[C@@H]([C@@H](CC(=O)N1CCC[C@H]1[C@H](OC)[C@@H](C)C(=O)N[C@@H](Cc1ccccc1)C(=O)NCCCOC(=O)[C@H](C)NC(=O)CCC(N)OC=O)OC)N(C)C(=O)[C@@H](NC(=O)[C@H](C(C)C)N(C)C)C(C)C. The van der Waals surface area contributed by atoms with E-state index in [2.05, 4.69) is 57.3 Å². The molecule has 2 aromatic carbocycles. The van der Waals surface area contributed by atoms with Crippen LogP contribution in [0.15, 0.2) is 60.7 Å². The Bertz CT molecular complexity index is 4190. The molecule has 2 aromatic rings. The van der Waals surface area contributed by atoms with E-state index in [0.717, 1.165) is 11.1 Å². The van der Waals surface area contributed by atoms with Crippen molar-refractivity contribution in [3.63, 3.8) is 0 Å². The fraction of sp³-hybridized carbons (Fsp3) is 0.723. The Kier molecular flexibility index (Phi) is 57.6. The van der Waals surface area contributed by atoms with Crippen LogP contribution in [-0.2, 0) is 127 Å². The highest BCUT2D eigenvalue weighted by molar-refractivity contribution is 5.93. The molecule has 2 heterocycles. The Balaban J connectivity index is 0.000000725. The lowest BCUT2D eigenvalue weighted by Gasteiger charge is -2.41. The van der Waals surface area contributed by atoms with E-state index in [-0.39, 0.29) is 174 Å². The number of nitrogens with one attached hydrogen (secondary N) is 9. The first-order valence-electron chi connectivity index (χ1n) is 49.7. The van der Waals surface area contributed by atoms with Gasteiger partial charge in [0.15, 0.2) is 12.5 Å². The highest BCUT2D eigenvalue weighted by atomic mass is 16.6. The molecule has 0 radical (unpaired) electrons. The molecule has 2 unspecified atom stereocenters. The summed E-state index contributed by atoms with van der Waals surface area (Å²) in [6.45, 7) is 31.1. The third kappa shape index (κ3) is 40.8. The minimum atomic E-state index is -0.984. The molecule has 40 heteroatoms. The lowest BCUT2D eigenvalue weighted by atomic mass is 9.89. The van der Waals surface area contributed by atoms with Gasteiger partial charge in [-0.2, -0.15) is 0 Å². The van der Waals surface area contributed by atoms with Crippen LogP contribution in [0.5, 0.6) is 0 Å². The molecule has 141 heavy (non-hydrogen) atoms. The van der Waals surface area contributed by atoms with Gasteiger partial charge in [-0.1, -0.05) is 170 Å². The topological polar surface area (TPSA) is 523 Å². The summed E-state index contributed by atoms with van der Waals surface area (Å²) in [6.07, 6.45) is -0.0958. The largest absolute Gasteiger partial charge is 0.464 e. The molecular weight excluding hydrogens is 1820 g/mol. The second kappa shape index (κ2) is 65.0. The molecule has 4 rings (SSSR count). The number of rotatable bonds is 64. The van der Waals surface area contributed by atoms with Crippen LogP contribution in [0.25, 0.3) is 0 Å². The van der Waals surface area contributed by atoms with E-state index >= 15 is 0 Å². The predicted octanol–water partition coefficient (Wildman–Crippen LogP) is 3.96. The zero-order chi connectivity index (χ0) is 106. The number of carbonyl (C=O) groups is 16. The van der Waals surface area contributed by atoms with Gasteiger partial charge in [0.2, 0.25) is 70.9 Å². The summed E-state index contributed by atoms with van der Waals surface area (Å²) in [5, 5.41) is 25.6. The van der Waals surface area contributed by atoms with E-state index < -0.39 is 169 Å². The van der Waals surface area contributed by atoms with Crippen molar-refractivity contribution in [1.82, 2.24) is 72.4 Å². The average Bonchev–Trinajstić information content (AvgIpc) is 1.65. The molecule has 0 bridgehead atoms. The maximum Gasteiger partial charge on any atom is 0.328 e. The monoisotopic (exact) mass is 1990 g/mol. The van der Waals surface area contributed by atoms with E-state index in [9.17, 15) is 76.7 Å². The van der Waals surface area contributed by atoms with E-state index in [4.69, 9.17) is 39.9 Å². The number of hydrogen-bond acceptors (Lipinski definition) is 28. The second-order valence-electron chi connectivity index (χ2n) is 38.6. The van der Waals surface area contributed by atoms with Crippen LogP contribution in [0.2, 0.25) is 0 Å². The van der Waals surface area contributed by atoms with Gasteiger partial charge < -0.3 is 105 Å². The first-order chi connectivity index (χ1) is 66.7. The number of carbonyl (C=O) groups excluding carboxylic acids is 16. The first kappa shape index (κ1) is 125. The van der Waals surface area contributed by atoms with E-state index in [0.29, 0.717) is 51.6 Å². The average molecular weight is 1990 g/mol. The third-order valence-electron chi connectivity index (χ3n) is 26.5. The van der Waals surface area contributed by atoms with Crippen LogP contribution in [-0.4, -0.2) is 333 Å². The van der Waals surface area contributed by atoms with E-state index in [1.807, 2.05) is 163 Å². The van der Waals surface area contributed by atoms with Gasteiger partial charge in [0.1, 0.15) is 36.3 Å². The summed E-state index contributed by atoms with van der Waals surface area (Å²) < 4.78 is 43.8. The van der Waals surface area contributed by atoms with Gasteiger partial charge in [0.25, 0.3) is 12.9 Å². The van der Waals surface area contributed by atoms with Crippen molar-refractivity contribution in [2.75, 3.05) is 103 Å². The smallest absolute Gasteiger partial charge is 0.328 e. The van der Waals surface area contributed by atoms with Crippen molar-refractivity contribution in [3.05, 3.63) is 71.8 Å². The number of benzene rings is 2. The van der Waals surface area contributed by atoms with Crippen LogP contribution >= 0.6 is 0 Å². The summed E-state index contributed by atoms with van der Waals surface area (Å²) in [6, 6.07) is 10.0. The Morgan fingerprint density at radius 1 is 0.454 bits per heavy atom. The molecule has 798 valence electrons. The molecule has 0 spiro atoms. The lowest BCUT2D eigenvalue weighted by molar-refractivity contribution is -0.148. The number of nitrogens with zero attached hydrogens (tertiary/aromatic N) is 5. The number of ether oxygens (including phenoxy) is 8. The fourth-order valence-electron chi connectivity index (χ4n) is 18.2. The van der Waals surface area contributed by atoms with Gasteiger partial charge in [-0.05, 0) is 120 Å². The summed E-state index contributed by atoms with van der Waals surface area (Å²) in [5.41, 5.74) is 12.7. The Morgan fingerprint density at radius 3 is 1.11 bits per heavy atom. The Hall–Kier alpha value is -10.4. The van der Waals surface area contributed by atoms with Crippen molar-refractivity contribution in [1.29, 1.82) is 0 Å². The van der Waals surface area contributed by atoms with Crippen molar-refractivity contribution < 1.29 is 115 Å². The number of hydrogen-bond donors (Lipinski definition) is 11. The minimum absolute atomic E-state index is 0.00380. The molecule has 2 aliphatic rings. The number of likely N-dealkylation sites (N-methyl/N-ethyl adjacent to an activating group) is 4. The minimum Gasteiger partial charge on any atom is -0.464 e. The highest BCUT2D eigenvalue weighted by Crippen LogP contribution is 2.33. The Morgan fingerprint density at radius 2 is 0.809 bits per heavy atom. The molecule has 2 aliphatic heterocycles. The molecule has 2 fully saturated rings. The first-order valence-corrected chi connectivity index (χ1v) is 49.7. The molecule has 0 saturated carbocycles. The van der Waals surface area contributed by atoms with Gasteiger partial charge in [0, 0.05) is 107 Å². The molecule has 0 aliphatic carbocycles. The Labute approximate surface area is 835 Å². The van der Waals surface area contributed by atoms with E-state index in [1.54, 1.807) is 54.6 Å². The predicted molar refractivity (Wildman–Crippen MR) is 531 cm³/mol. The number of methoxy groups -OCH3 is 4. The molecule has 22 atom stereocenters. The quantitative estimate of drug-likeness (QED) is 0.0147. The number of nitrogens with two attached hydrogens (primary N) is 2. The summed E-state index contributed by atoms with van der Waals surface area (Å²) in [5.74, 6) is -7.77. The van der Waals surface area contributed by atoms with E-state index in [1.165, 1.54) is 42.3 Å². The molecule has 0 aromatic heterocycles. The maximum absolute atomic E-state index is 14.4. The molecule has 40 nitrogen and oxygen atoms in total. The molecule has 13 N–H and O–H groups in total. The highest BCUT2D eigenvalue weighted by Gasteiger charge is 2.47. The summed E-state index contributed by atoms with van der Waals surface area (Å²) >= 11 is 0. The lowest BCUT2D eigenvalue weighted by Crippen LogP contribution is -2.59. The van der Waals surface area contributed by atoms with Crippen molar-refractivity contribution in [2.24, 2.45) is 58.8 Å². The van der Waals surface area contributed by atoms with Gasteiger partial charge in [-0.15, -0.1) is 0 Å². The summed E-state index contributed by atoms with van der Waals surface area (Å²) in [4.78, 5) is 219. The molecule has 2 saturated heterocycles. The number of amides is 12. The van der Waals surface area contributed by atoms with Gasteiger partial charge in [-0.25, -0.2) is 9.59 Å². The molecule has 12 amide bonds. The van der Waals surface area contributed by atoms with Crippen LogP contribution in [0.1, 0.15) is 212 Å². The van der Waals surface area contributed by atoms with Crippen molar-refractivity contribution >= 4 is 95.8 Å². The van der Waals surface area contributed by atoms with Crippen LogP contribution in [0, 0.1) is 47.3 Å². The van der Waals surface area contributed by atoms with Gasteiger partial charge >= 0.3 is 11.9 Å². The fourth-order valence-corrected chi connectivity index (χ4v) is 18.2. The standard InChI is InChI=1S/C51H86N8O12.C50H84N8O12/c1-14-33(6)45(58(11)50(66)43(31(2)3)56-49(65)44(32(4)5)57(9)10)39(68-12)29-42(62)59-26-18-22-38(59)46(69-13)34(7)47(63)55-37(28-36-20-16-15-17-21-36)48(64)53-25-19-27-70-51(67)35(8)54-41(61)24-23-40(52)71-30-60;1-13-32(6)44(57(10)49(65)43(31(4)5)56-48(64)42(52-9)30(2)3)38(67-11)28-41(61)58-25-17-21-37(58)45(68-12)33(7)46(62)55-36(27-35-19-15-14-16-20-35)47(63)53-24-18-26-69-50(66)34(8)54-40(60)23-22-39(51)70-29-59/h15-17,20-21,30-35,37-40,43-46H,14,18-19,22-29,52H2,1-13H3,(H,53,64)(H,54,61)(H,55,63)(H,56,65);14-16,19-20,29-34,36-39,42-45,52H,13,17-18,21-28,51H2,1-12H3,(H,53,63)(H,54,60)(H,55,62)(H,56,64)/t33-,34+,35-,37-,38-,39+,40?,43-,44-,45-,46+;32-,33+,34-,36-,37-,38+,39?,42-,43-,44-,45+/m00/s1. The second-order valence-corrected chi connectivity index (χ2v) is 38.6. The third-order valence-corrected chi connectivity index (χ3v) is 26.5. The zero-order valence-electron chi connectivity index (χ0n) is 88.2. The van der Waals surface area contributed by atoms with Crippen LogP contribution < -0.4 is 59.3 Å². The molecular formula is C101H170N16O24. The van der Waals surface area contributed by atoms with Crippen molar-refractivity contribution in [3.8, 4) is 0 Å². The normalized spacial score (nSPS) is 17.9. The number of likely N-dealkylation sites (tertiary alicyclic amines) is 2. The summed E-state index contributed by atoms with van der Waals surface area (Å²) in [7, 11) is 14.8. The van der Waals surface area contributed by atoms with Gasteiger partial charge in [0.05, 0.1) is 98.6 Å². The number of esters is 2. The maximum atomic E-state index is 14.4. The zero-order valence-corrected chi connectivity index (χ0v) is 88.2. The van der Waals surface area contributed by atoms with Crippen LogP contribution in [0.3, 0.4) is 0 Å². The van der Waals surface area contributed by atoms with Crippen molar-refractivity contribution in [2.45, 2.75) is 323 Å². The van der Waals surface area contributed by atoms with Crippen LogP contribution in [0.4, 0.5) is 0 Å². The van der Waals surface area contributed by atoms with Gasteiger partial charge in [-0.3, -0.25) is 83.5 Å².